The van der Waals surface area contributed by atoms with Crippen molar-refractivity contribution in [1.29, 1.82) is 0 Å². The van der Waals surface area contributed by atoms with Crippen LogP contribution >= 0.6 is 11.6 Å². The van der Waals surface area contributed by atoms with Gasteiger partial charge in [0, 0.05) is 10.9 Å². The normalized spacial score (nSPS) is 23.3. The lowest BCUT2D eigenvalue weighted by Gasteiger charge is -2.34. The van der Waals surface area contributed by atoms with E-state index in [-0.39, 0.29) is 6.09 Å². The maximum absolute atomic E-state index is 12.9. The molecule has 0 spiro atoms. The molecule has 1 aromatic heterocycles. The molecule has 1 amide bonds. The third kappa shape index (κ3) is 4.90. The van der Waals surface area contributed by atoms with E-state index in [0.29, 0.717) is 36.2 Å². The van der Waals surface area contributed by atoms with Crippen LogP contribution in [0.4, 0.5) is 4.79 Å². The largest absolute Gasteiger partial charge is 0.444 e. The lowest BCUT2D eigenvalue weighted by molar-refractivity contribution is -0.0666. The Balaban J connectivity index is 1.41. The number of nitrogens with zero attached hydrogens (tertiary/aromatic N) is 4. The fourth-order valence-electron chi connectivity index (χ4n) is 4.98. The zero-order valence-corrected chi connectivity index (χ0v) is 20.5. The van der Waals surface area contributed by atoms with E-state index in [4.69, 9.17) is 21.1 Å². The van der Waals surface area contributed by atoms with Gasteiger partial charge in [0.15, 0.2) is 5.82 Å². The summed E-state index contributed by atoms with van der Waals surface area (Å²) in [6, 6.07) is 5.83. The van der Waals surface area contributed by atoms with Crippen LogP contribution in [0, 0.1) is 0 Å². The maximum Gasteiger partial charge on any atom is 0.411 e. The summed E-state index contributed by atoms with van der Waals surface area (Å²) in [5.74, 6) is 2.05. The molecule has 2 fully saturated rings. The minimum absolute atomic E-state index is 0.323. The summed E-state index contributed by atoms with van der Waals surface area (Å²) < 4.78 is 14.1. The minimum Gasteiger partial charge on any atom is -0.444 e. The number of halogens is 1. The Hall–Kier alpha value is -2.12. The quantitative estimate of drug-likeness (QED) is 0.567. The van der Waals surface area contributed by atoms with Crippen LogP contribution in [0.3, 0.4) is 0 Å². The van der Waals surface area contributed by atoms with E-state index in [1.54, 1.807) is 4.90 Å². The van der Waals surface area contributed by atoms with E-state index in [0.717, 1.165) is 48.6 Å². The number of carbonyl (C=O) groups excluding carboxylic acids is 1. The first-order chi connectivity index (χ1) is 15.8. The molecule has 0 unspecified atom stereocenters. The lowest BCUT2D eigenvalue weighted by Crippen LogP contribution is -2.35. The molecular weight excluding hydrogens is 440 g/mol. The van der Waals surface area contributed by atoms with Gasteiger partial charge in [-0.15, -0.1) is 10.2 Å². The summed E-state index contributed by atoms with van der Waals surface area (Å²) in [5.41, 5.74) is 1.39. The molecule has 2 aliphatic carbocycles. The molecule has 1 aliphatic heterocycles. The molecule has 0 atom stereocenters. The zero-order valence-electron chi connectivity index (χ0n) is 19.7. The van der Waals surface area contributed by atoms with Crippen LogP contribution in [0.1, 0.15) is 88.8 Å². The van der Waals surface area contributed by atoms with E-state index in [1.807, 2.05) is 39.0 Å². The third-order valence-electron chi connectivity index (χ3n) is 6.86. The summed E-state index contributed by atoms with van der Waals surface area (Å²) in [6.07, 6.45) is 8.40. The van der Waals surface area contributed by atoms with Crippen molar-refractivity contribution < 1.29 is 14.3 Å². The number of amides is 1. The number of ether oxygens (including phenoxy) is 2. The third-order valence-corrected chi connectivity index (χ3v) is 7.09. The van der Waals surface area contributed by atoms with Crippen molar-refractivity contribution in [3.05, 3.63) is 40.4 Å². The van der Waals surface area contributed by atoms with E-state index >= 15 is 0 Å². The fourth-order valence-corrected chi connectivity index (χ4v) is 5.18. The van der Waals surface area contributed by atoms with Gasteiger partial charge in [-0.2, -0.15) is 0 Å². The Labute approximate surface area is 200 Å². The Morgan fingerprint density at radius 2 is 1.76 bits per heavy atom. The van der Waals surface area contributed by atoms with Gasteiger partial charge in [-0.05, 0) is 89.5 Å². The number of fused-ring (bicyclic) bond motifs is 3. The van der Waals surface area contributed by atoms with E-state index in [1.165, 1.54) is 19.3 Å². The number of rotatable bonds is 3. The summed E-state index contributed by atoms with van der Waals surface area (Å²) >= 11 is 6.34. The molecule has 0 N–H and O–H groups in total. The van der Waals surface area contributed by atoms with Crippen molar-refractivity contribution in [2.75, 3.05) is 0 Å². The van der Waals surface area contributed by atoms with Crippen molar-refractivity contribution in [2.45, 2.75) is 103 Å². The van der Waals surface area contributed by atoms with E-state index in [9.17, 15) is 4.79 Å². The van der Waals surface area contributed by atoms with Crippen LogP contribution in [-0.2, 0) is 22.6 Å². The Bertz CT molecular complexity index is 1020. The van der Waals surface area contributed by atoms with Crippen molar-refractivity contribution in [2.24, 2.45) is 0 Å². The molecule has 5 rings (SSSR count). The second-order valence-corrected chi connectivity index (χ2v) is 11.0. The maximum atomic E-state index is 12.9. The van der Waals surface area contributed by atoms with Crippen LogP contribution in [0.2, 0.25) is 5.02 Å². The highest BCUT2D eigenvalue weighted by Crippen LogP contribution is 2.38. The average Bonchev–Trinajstić information content (AvgIpc) is 3.05. The van der Waals surface area contributed by atoms with E-state index < -0.39 is 5.60 Å². The highest BCUT2D eigenvalue weighted by molar-refractivity contribution is 6.30. The standard InChI is InChI=1S/C25H33ClN4O3/c1-25(2,3)33-24(31)29-14-17-13-18(26)9-12-21(17)30-22(15-29)27-28-23(30)16-7-10-20(11-8-16)32-19-5-4-6-19/h9,12-13,16,19-20H,4-8,10-11,14-15H2,1-3H3/t16-,20+. The van der Waals surface area contributed by atoms with Crippen LogP contribution < -0.4 is 0 Å². The summed E-state index contributed by atoms with van der Waals surface area (Å²) in [5, 5.41) is 9.80. The van der Waals surface area contributed by atoms with Crippen molar-refractivity contribution in [3.8, 4) is 5.69 Å². The van der Waals surface area contributed by atoms with Crippen LogP contribution in [-0.4, -0.2) is 43.6 Å². The molecule has 7 nitrogen and oxygen atoms in total. The molecule has 2 saturated carbocycles. The van der Waals surface area contributed by atoms with Gasteiger partial charge in [-0.3, -0.25) is 9.47 Å². The van der Waals surface area contributed by atoms with Crippen molar-refractivity contribution in [3.63, 3.8) is 0 Å². The fraction of sp³-hybridized carbons (Fsp3) is 0.640. The molecule has 178 valence electrons. The molecule has 2 heterocycles. The molecule has 3 aliphatic rings. The van der Waals surface area contributed by atoms with Gasteiger partial charge in [0.1, 0.15) is 11.4 Å². The molecule has 2 aromatic rings. The van der Waals surface area contributed by atoms with Gasteiger partial charge >= 0.3 is 6.09 Å². The molecular formula is C25H33ClN4O3. The first kappa shape index (κ1) is 22.7. The Morgan fingerprint density at radius 3 is 2.42 bits per heavy atom. The number of carbonyl (C=O) groups is 1. The van der Waals surface area contributed by atoms with Gasteiger partial charge < -0.3 is 9.47 Å². The zero-order chi connectivity index (χ0) is 23.2. The van der Waals surface area contributed by atoms with Crippen molar-refractivity contribution >= 4 is 17.7 Å². The SMILES string of the molecule is CC(C)(C)OC(=O)N1Cc2cc(Cl)ccc2-n2c(nnc2[C@H]2CC[C@@H](OC3CCC3)CC2)C1. The molecule has 0 radical (unpaired) electrons. The predicted octanol–water partition coefficient (Wildman–Crippen LogP) is 5.77. The molecule has 33 heavy (non-hydrogen) atoms. The smallest absolute Gasteiger partial charge is 0.411 e. The van der Waals surface area contributed by atoms with Crippen LogP contribution in [0.5, 0.6) is 0 Å². The number of hydrogen-bond acceptors (Lipinski definition) is 5. The number of hydrogen-bond donors (Lipinski definition) is 0. The molecule has 0 saturated heterocycles. The highest BCUT2D eigenvalue weighted by atomic mass is 35.5. The van der Waals surface area contributed by atoms with Crippen LogP contribution in [0.15, 0.2) is 18.2 Å². The number of aromatic nitrogens is 3. The summed E-state index contributed by atoms with van der Waals surface area (Å²) in [7, 11) is 0. The average molecular weight is 473 g/mol. The first-order valence-corrected chi connectivity index (χ1v) is 12.5. The summed E-state index contributed by atoms with van der Waals surface area (Å²) in [6.45, 7) is 6.38. The minimum atomic E-state index is -0.570. The molecule has 1 aromatic carbocycles. The van der Waals surface area contributed by atoms with Gasteiger partial charge in [0.25, 0.3) is 0 Å². The summed E-state index contributed by atoms with van der Waals surface area (Å²) in [4.78, 5) is 14.6. The van der Waals surface area contributed by atoms with Crippen molar-refractivity contribution in [1.82, 2.24) is 19.7 Å². The monoisotopic (exact) mass is 472 g/mol. The topological polar surface area (TPSA) is 69.5 Å². The Kier molecular flexibility index (Phi) is 6.12. The molecule has 8 heteroatoms. The predicted molar refractivity (Wildman–Crippen MR) is 126 cm³/mol. The van der Waals surface area contributed by atoms with Gasteiger partial charge in [0.2, 0.25) is 0 Å². The Morgan fingerprint density at radius 1 is 1.03 bits per heavy atom. The second-order valence-electron chi connectivity index (χ2n) is 10.6. The first-order valence-electron chi connectivity index (χ1n) is 12.1. The highest BCUT2D eigenvalue weighted by Gasteiger charge is 2.34. The van der Waals surface area contributed by atoms with E-state index in [2.05, 4.69) is 14.8 Å². The lowest BCUT2D eigenvalue weighted by atomic mass is 9.86. The second kappa shape index (κ2) is 8.91. The van der Waals surface area contributed by atoms with Gasteiger partial charge in [0.05, 0.1) is 31.0 Å². The molecule has 0 bridgehead atoms. The number of benzene rings is 1. The van der Waals surface area contributed by atoms with Gasteiger partial charge in [-0.25, -0.2) is 4.79 Å². The van der Waals surface area contributed by atoms with Gasteiger partial charge in [-0.1, -0.05) is 11.6 Å². The van der Waals surface area contributed by atoms with Crippen LogP contribution in [0.25, 0.3) is 5.69 Å².